The minimum atomic E-state index is -3.30. The highest BCUT2D eigenvalue weighted by Gasteiger charge is 2.19. The van der Waals surface area contributed by atoms with E-state index in [0.29, 0.717) is 5.02 Å². The van der Waals surface area contributed by atoms with Gasteiger partial charge in [-0.25, -0.2) is 14.0 Å². The molecule has 0 spiro atoms. The van der Waals surface area contributed by atoms with Crippen molar-refractivity contribution in [3.05, 3.63) is 82.0 Å². The summed E-state index contributed by atoms with van der Waals surface area (Å²) < 4.78 is 20.3. The summed E-state index contributed by atoms with van der Waals surface area (Å²) in [6.07, 6.45) is 0.569. The Labute approximate surface area is 247 Å². The number of hydrogen-bond acceptors (Lipinski definition) is 7. The van der Waals surface area contributed by atoms with Crippen molar-refractivity contribution in [2.75, 3.05) is 17.2 Å². The Kier molecular flexibility index (Phi) is 9.97. The third kappa shape index (κ3) is 9.48. The third-order valence-corrected chi connectivity index (χ3v) is 7.06. The standard InChI is InChI=1S/C27H27Cl2N5O6S/c1-27(2,3)40-26(38)31-15-23(35)34-41(4,39)19-9-5-16(6-10-19)24(36)32-21-11-7-17(28)13-20(21)25(37)33-22-12-8-18(29)14-30-22/h5-14H,4,15H2,1-3H3,(H,31,38)(H,32,36)(H,30,33,37)(H,34,35,39). The fourth-order valence-electron chi connectivity index (χ4n) is 3.21. The zero-order chi connectivity index (χ0) is 30.4. The number of halogens is 2. The summed E-state index contributed by atoms with van der Waals surface area (Å²) in [6, 6.07) is 13.0. The molecule has 1 unspecified atom stereocenters. The van der Waals surface area contributed by atoms with Crippen LogP contribution in [0.5, 0.6) is 0 Å². The number of aromatic nitrogens is 1. The highest BCUT2D eigenvalue weighted by molar-refractivity contribution is 7.99. The van der Waals surface area contributed by atoms with E-state index in [-0.39, 0.29) is 32.6 Å². The van der Waals surface area contributed by atoms with Crippen LogP contribution in [0.3, 0.4) is 0 Å². The SMILES string of the molecule is C=S(=O)(NC(=O)CNC(=O)OC(C)(C)C)c1ccc(C(=O)Nc2ccc(Cl)cc2C(=O)Nc2ccc(Cl)cn2)cc1. The van der Waals surface area contributed by atoms with Gasteiger partial charge in [0.05, 0.1) is 26.0 Å². The Balaban J connectivity index is 1.66. The molecule has 41 heavy (non-hydrogen) atoms. The minimum absolute atomic E-state index is 0.0858. The fraction of sp³-hybridized carbons (Fsp3) is 0.185. The first kappa shape index (κ1) is 31.4. The normalized spacial score (nSPS) is 12.4. The molecule has 11 nitrogen and oxygen atoms in total. The van der Waals surface area contributed by atoms with Crippen molar-refractivity contribution in [3.63, 3.8) is 0 Å². The zero-order valence-corrected chi connectivity index (χ0v) is 24.6. The van der Waals surface area contributed by atoms with Crippen LogP contribution in [0.2, 0.25) is 10.0 Å². The number of nitrogens with one attached hydrogen (secondary N) is 4. The summed E-state index contributed by atoms with van der Waals surface area (Å²) in [5.41, 5.74) is -0.309. The highest BCUT2D eigenvalue weighted by atomic mass is 35.5. The van der Waals surface area contributed by atoms with Crippen LogP contribution in [-0.2, 0) is 19.2 Å². The number of carbonyl (C=O) groups is 4. The molecular weight excluding hydrogens is 593 g/mol. The highest BCUT2D eigenvalue weighted by Crippen LogP contribution is 2.23. The van der Waals surface area contributed by atoms with Crippen molar-refractivity contribution in [1.29, 1.82) is 0 Å². The predicted molar refractivity (Wildman–Crippen MR) is 159 cm³/mol. The molecule has 4 N–H and O–H groups in total. The number of amides is 4. The molecule has 0 radical (unpaired) electrons. The van der Waals surface area contributed by atoms with E-state index in [1.54, 1.807) is 26.8 Å². The van der Waals surface area contributed by atoms with E-state index in [1.165, 1.54) is 54.7 Å². The molecule has 1 atom stereocenters. The van der Waals surface area contributed by atoms with Gasteiger partial charge in [-0.05, 0) is 81.2 Å². The topological polar surface area (TPSA) is 156 Å². The van der Waals surface area contributed by atoms with E-state index in [1.807, 2.05) is 0 Å². The second kappa shape index (κ2) is 13.0. The number of ether oxygens (including phenoxy) is 1. The molecule has 14 heteroatoms. The lowest BCUT2D eigenvalue weighted by Gasteiger charge is -2.19. The van der Waals surface area contributed by atoms with Crippen LogP contribution in [0.1, 0.15) is 41.5 Å². The van der Waals surface area contributed by atoms with Crippen LogP contribution in [-0.4, -0.2) is 51.0 Å². The van der Waals surface area contributed by atoms with E-state index < -0.39 is 45.7 Å². The van der Waals surface area contributed by atoms with E-state index in [4.69, 9.17) is 27.9 Å². The number of alkyl carbamates (subject to hydrolysis) is 1. The van der Waals surface area contributed by atoms with Gasteiger partial charge in [-0.3, -0.25) is 19.1 Å². The summed E-state index contributed by atoms with van der Waals surface area (Å²) in [7, 11) is -3.30. The molecule has 2 aromatic carbocycles. The Morgan fingerprint density at radius 1 is 0.927 bits per heavy atom. The molecule has 216 valence electrons. The zero-order valence-electron chi connectivity index (χ0n) is 22.2. The Hall–Kier alpha value is -4.13. The minimum Gasteiger partial charge on any atom is -0.444 e. The summed E-state index contributed by atoms with van der Waals surface area (Å²) in [4.78, 5) is 53.9. The smallest absolute Gasteiger partial charge is 0.408 e. The number of hydrogen-bond donors (Lipinski definition) is 4. The molecule has 4 amide bonds. The maximum atomic E-state index is 13.0. The van der Waals surface area contributed by atoms with Gasteiger partial charge in [-0.15, -0.1) is 0 Å². The van der Waals surface area contributed by atoms with Crippen LogP contribution in [0.25, 0.3) is 0 Å². The van der Waals surface area contributed by atoms with Crippen LogP contribution in [0.15, 0.2) is 65.7 Å². The first-order valence-electron chi connectivity index (χ1n) is 11.9. The van der Waals surface area contributed by atoms with Crippen molar-refractivity contribution in [2.24, 2.45) is 0 Å². The number of carbonyl (C=O) groups excluding carboxylic acids is 4. The lowest BCUT2D eigenvalue weighted by Crippen LogP contribution is -2.41. The molecule has 0 aliphatic carbocycles. The molecule has 1 aromatic heterocycles. The van der Waals surface area contributed by atoms with Gasteiger partial charge in [0, 0.05) is 21.7 Å². The van der Waals surface area contributed by atoms with Crippen molar-refractivity contribution >= 4 is 74.1 Å². The van der Waals surface area contributed by atoms with Crippen molar-refractivity contribution < 1.29 is 28.1 Å². The molecule has 0 aliphatic rings. The number of nitrogens with zero attached hydrogens (tertiary/aromatic N) is 1. The summed E-state index contributed by atoms with van der Waals surface area (Å²) in [5, 5.41) is 8.20. The fourth-order valence-corrected chi connectivity index (χ4v) is 4.63. The largest absolute Gasteiger partial charge is 0.444 e. The molecule has 1 heterocycles. The molecular formula is C27H27Cl2N5O6S. The lowest BCUT2D eigenvalue weighted by molar-refractivity contribution is -0.118. The molecule has 3 aromatic rings. The van der Waals surface area contributed by atoms with Gasteiger partial charge in [0.1, 0.15) is 18.0 Å². The number of rotatable bonds is 8. The van der Waals surface area contributed by atoms with Crippen molar-refractivity contribution in [1.82, 2.24) is 15.0 Å². The van der Waals surface area contributed by atoms with Gasteiger partial charge in [-0.1, -0.05) is 23.2 Å². The van der Waals surface area contributed by atoms with Gasteiger partial charge < -0.3 is 20.7 Å². The van der Waals surface area contributed by atoms with Crippen LogP contribution in [0.4, 0.5) is 16.3 Å². The average molecular weight is 621 g/mol. The maximum Gasteiger partial charge on any atom is 0.408 e. The van der Waals surface area contributed by atoms with Gasteiger partial charge in [-0.2, -0.15) is 0 Å². The Bertz CT molecular complexity index is 1570. The van der Waals surface area contributed by atoms with Gasteiger partial charge in [0.25, 0.3) is 17.7 Å². The monoisotopic (exact) mass is 619 g/mol. The van der Waals surface area contributed by atoms with Crippen LogP contribution >= 0.6 is 23.2 Å². The Morgan fingerprint density at radius 2 is 1.59 bits per heavy atom. The molecule has 0 aliphatic heterocycles. The number of pyridine rings is 1. The van der Waals surface area contributed by atoms with Gasteiger partial charge in [0.15, 0.2) is 0 Å². The second-order valence-electron chi connectivity index (χ2n) is 9.54. The van der Waals surface area contributed by atoms with Crippen LogP contribution < -0.4 is 20.7 Å². The van der Waals surface area contributed by atoms with Gasteiger partial charge in [0.2, 0.25) is 0 Å². The maximum absolute atomic E-state index is 13.0. The third-order valence-electron chi connectivity index (χ3n) is 5.01. The van der Waals surface area contributed by atoms with E-state index in [9.17, 15) is 23.4 Å². The number of benzene rings is 2. The van der Waals surface area contributed by atoms with E-state index in [0.717, 1.165) is 0 Å². The van der Waals surface area contributed by atoms with Crippen molar-refractivity contribution in [2.45, 2.75) is 31.3 Å². The summed E-state index contributed by atoms with van der Waals surface area (Å²) in [5.74, 6) is 1.93. The quantitative estimate of drug-likeness (QED) is 0.270. The second-order valence-corrected chi connectivity index (χ2v) is 12.4. The van der Waals surface area contributed by atoms with Gasteiger partial charge >= 0.3 is 6.09 Å². The molecule has 0 saturated heterocycles. The average Bonchev–Trinajstić information content (AvgIpc) is 2.88. The summed E-state index contributed by atoms with van der Waals surface area (Å²) in [6.45, 7) is 4.54. The first-order valence-corrected chi connectivity index (χ1v) is 14.4. The van der Waals surface area contributed by atoms with E-state index in [2.05, 4.69) is 31.5 Å². The first-order chi connectivity index (χ1) is 19.1. The molecule has 0 saturated carbocycles. The lowest BCUT2D eigenvalue weighted by atomic mass is 10.1. The molecule has 3 rings (SSSR count). The Morgan fingerprint density at radius 3 is 2.20 bits per heavy atom. The van der Waals surface area contributed by atoms with E-state index >= 15 is 0 Å². The molecule has 0 fully saturated rings. The van der Waals surface area contributed by atoms with Crippen molar-refractivity contribution in [3.8, 4) is 0 Å². The molecule has 0 bridgehead atoms. The predicted octanol–water partition coefficient (Wildman–Crippen LogP) is 4.52. The summed E-state index contributed by atoms with van der Waals surface area (Å²) >= 11 is 11.9. The van der Waals surface area contributed by atoms with Crippen LogP contribution in [0, 0.1) is 0 Å². The number of anilines is 2.